The van der Waals surface area contributed by atoms with E-state index in [1.807, 2.05) is 0 Å². The Balaban J connectivity index is 2.94. The second-order valence-electron chi connectivity index (χ2n) is 5.35. The molecule has 0 saturated carbocycles. The molecule has 23 heavy (non-hydrogen) atoms. The minimum atomic E-state index is -4.49. The van der Waals surface area contributed by atoms with Crippen LogP contribution in [-0.4, -0.2) is 33.2 Å². The molecule has 0 heterocycles. The summed E-state index contributed by atoms with van der Waals surface area (Å²) in [6.07, 6.45) is -3.65. The van der Waals surface area contributed by atoms with Gasteiger partial charge in [0, 0.05) is 19.0 Å². The van der Waals surface area contributed by atoms with Crippen LogP contribution in [0.3, 0.4) is 0 Å². The fourth-order valence-electron chi connectivity index (χ4n) is 1.90. The second-order valence-corrected chi connectivity index (χ2v) is 7.26. The largest absolute Gasteiger partial charge is 0.416 e. The highest BCUT2D eigenvalue weighted by Gasteiger charge is 2.30. The fraction of sp³-hybridized carbons (Fsp3) is 0.500. The number of halogens is 3. The number of carbonyl (C=O) groups is 1. The third-order valence-corrected chi connectivity index (χ3v) is 4.07. The molecule has 130 valence electrons. The van der Waals surface area contributed by atoms with Crippen LogP contribution in [0, 0.1) is 0 Å². The zero-order valence-electron chi connectivity index (χ0n) is 13.0. The monoisotopic (exact) mass is 352 g/mol. The summed E-state index contributed by atoms with van der Waals surface area (Å²) in [7, 11) is -3.72. The molecular formula is C14H19F3N2O3S. The van der Waals surface area contributed by atoms with E-state index in [9.17, 15) is 26.4 Å². The Bertz CT molecular complexity index is 640. The van der Waals surface area contributed by atoms with E-state index >= 15 is 0 Å². The predicted molar refractivity (Wildman–Crippen MR) is 81.5 cm³/mol. The van der Waals surface area contributed by atoms with E-state index in [2.05, 4.69) is 5.32 Å². The minimum Gasteiger partial charge on any atom is -0.354 e. The van der Waals surface area contributed by atoms with Gasteiger partial charge in [-0.3, -0.25) is 9.10 Å². The van der Waals surface area contributed by atoms with Crippen molar-refractivity contribution in [2.75, 3.05) is 17.1 Å². The Morgan fingerprint density at radius 3 is 2.13 bits per heavy atom. The summed E-state index contributed by atoms with van der Waals surface area (Å²) in [5.41, 5.74) is -0.787. The van der Waals surface area contributed by atoms with Crippen molar-refractivity contribution in [2.24, 2.45) is 0 Å². The highest BCUT2D eigenvalue weighted by molar-refractivity contribution is 7.92. The first-order valence-corrected chi connectivity index (χ1v) is 8.70. The van der Waals surface area contributed by atoms with Crippen LogP contribution in [0.2, 0.25) is 0 Å². The molecule has 0 atom stereocenters. The predicted octanol–water partition coefficient (Wildman–Crippen LogP) is 2.39. The standard InChI is InChI=1S/C14H19F3N2O3S/c1-10(2)18-13(20)8-9-19(23(3,21)22)12-6-4-11(5-7-12)14(15,16)17/h4-7,10H,8-9H2,1-3H3,(H,18,20). The van der Waals surface area contributed by atoms with Gasteiger partial charge in [-0.15, -0.1) is 0 Å². The highest BCUT2D eigenvalue weighted by atomic mass is 32.2. The third-order valence-electron chi connectivity index (χ3n) is 2.87. The second kappa shape index (κ2) is 7.20. The molecule has 0 aromatic heterocycles. The van der Waals surface area contributed by atoms with Gasteiger partial charge in [-0.05, 0) is 38.1 Å². The maximum absolute atomic E-state index is 12.5. The normalized spacial score (nSPS) is 12.3. The average Bonchev–Trinajstić information content (AvgIpc) is 2.35. The van der Waals surface area contributed by atoms with Gasteiger partial charge in [0.25, 0.3) is 0 Å². The molecule has 0 bridgehead atoms. The van der Waals surface area contributed by atoms with Crippen LogP contribution in [0.4, 0.5) is 18.9 Å². The zero-order valence-corrected chi connectivity index (χ0v) is 13.8. The molecule has 9 heteroatoms. The van der Waals surface area contributed by atoms with Gasteiger partial charge in [0.15, 0.2) is 0 Å². The number of nitrogens with one attached hydrogen (secondary N) is 1. The zero-order chi connectivity index (χ0) is 17.8. The summed E-state index contributed by atoms with van der Waals surface area (Å²) in [4.78, 5) is 11.6. The molecule has 0 aliphatic carbocycles. The lowest BCUT2D eigenvalue weighted by Crippen LogP contribution is -2.36. The number of rotatable bonds is 6. The summed E-state index contributed by atoms with van der Waals surface area (Å²) in [5, 5.41) is 2.62. The van der Waals surface area contributed by atoms with Crippen molar-refractivity contribution < 1.29 is 26.4 Å². The minimum absolute atomic E-state index is 0.0813. The van der Waals surface area contributed by atoms with Crippen LogP contribution < -0.4 is 9.62 Å². The van der Waals surface area contributed by atoms with E-state index in [1.54, 1.807) is 13.8 Å². The van der Waals surface area contributed by atoms with Gasteiger partial charge in [0.05, 0.1) is 17.5 Å². The molecular weight excluding hydrogens is 333 g/mol. The molecule has 1 aromatic carbocycles. The summed E-state index contributed by atoms with van der Waals surface area (Å²) in [6.45, 7) is 3.38. The van der Waals surface area contributed by atoms with Crippen LogP contribution in [-0.2, 0) is 21.0 Å². The first-order valence-electron chi connectivity index (χ1n) is 6.85. The van der Waals surface area contributed by atoms with E-state index in [1.165, 1.54) is 0 Å². The lowest BCUT2D eigenvalue weighted by atomic mass is 10.2. The molecule has 1 N–H and O–H groups in total. The Kier molecular flexibility index (Phi) is 6.04. The van der Waals surface area contributed by atoms with Crippen molar-refractivity contribution >= 4 is 21.6 Å². The number of carbonyl (C=O) groups excluding carboxylic acids is 1. The molecule has 0 unspecified atom stereocenters. The SMILES string of the molecule is CC(C)NC(=O)CCN(c1ccc(C(F)(F)F)cc1)S(C)(=O)=O. The molecule has 1 amide bonds. The van der Waals surface area contributed by atoms with Crippen LogP contribution in [0.1, 0.15) is 25.8 Å². The van der Waals surface area contributed by atoms with Gasteiger partial charge in [-0.1, -0.05) is 0 Å². The number of sulfonamides is 1. The molecule has 1 aromatic rings. The molecule has 1 rings (SSSR count). The third kappa shape index (κ3) is 6.09. The summed E-state index contributed by atoms with van der Waals surface area (Å²) >= 11 is 0. The Morgan fingerprint density at radius 2 is 1.74 bits per heavy atom. The van der Waals surface area contributed by atoms with E-state index in [0.29, 0.717) is 0 Å². The van der Waals surface area contributed by atoms with Crippen LogP contribution >= 0.6 is 0 Å². The molecule has 0 aliphatic heterocycles. The van der Waals surface area contributed by atoms with E-state index < -0.39 is 21.8 Å². The van der Waals surface area contributed by atoms with Crippen LogP contribution in [0.15, 0.2) is 24.3 Å². The number of nitrogens with zero attached hydrogens (tertiary/aromatic N) is 1. The number of benzene rings is 1. The summed E-state index contributed by atoms with van der Waals surface area (Å²) < 4.78 is 62.2. The Morgan fingerprint density at radius 1 is 1.22 bits per heavy atom. The molecule has 0 spiro atoms. The quantitative estimate of drug-likeness (QED) is 0.855. The maximum atomic E-state index is 12.5. The van der Waals surface area contributed by atoms with Gasteiger partial charge in [0.2, 0.25) is 15.9 Å². The van der Waals surface area contributed by atoms with Crippen LogP contribution in [0.25, 0.3) is 0 Å². The Labute approximate surface area is 133 Å². The lowest BCUT2D eigenvalue weighted by molar-refractivity contribution is -0.137. The van der Waals surface area contributed by atoms with Crippen molar-refractivity contribution in [1.29, 1.82) is 0 Å². The van der Waals surface area contributed by atoms with Crippen molar-refractivity contribution in [1.82, 2.24) is 5.32 Å². The lowest BCUT2D eigenvalue weighted by Gasteiger charge is -2.23. The van der Waals surface area contributed by atoms with Crippen molar-refractivity contribution in [3.05, 3.63) is 29.8 Å². The average molecular weight is 352 g/mol. The highest BCUT2D eigenvalue weighted by Crippen LogP contribution is 2.31. The van der Waals surface area contributed by atoms with Crippen molar-refractivity contribution in [3.63, 3.8) is 0 Å². The van der Waals surface area contributed by atoms with Gasteiger partial charge in [-0.25, -0.2) is 8.42 Å². The number of hydrogen-bond acceptors (Lipinski definition) is 3. The van der Waals surface area contributed by atoms with Gasteiger partial charge in [0.1, 0.15) is 0 Å². The number of anilines is 1. The first-order chi connectivity index (χ1) is 10.4. The molecule has 0 saturated heterocycles. The first kappa shape index (κ1) is 19.3. The number of alkyl halides is 3. The molecule has 0 aliphatic rings. The van der Waals surface area contributed by atoms with Gasteiger partial charge >= 0.3 is 6.18 Å². The molecule has 0 radical (unpaired) electrons. The van der Waals surface area contributed by atoms with E-state index in [0.717, 1.165) is 34.8 Å². The summed E-state index contributed by atoms with van der Waals surface area (Å²) in [6, 6.07) is 3.68. The Hall–Kier alpha value is -1.77. The fourth-order valence-corrected chi connectivity index (χ4v) is 2.83. The topological polar surface area (TPSA) is 66.5 Å². The smallest absolute Gasteiger partial charge is 0.354 e. The summed E-state index contributed by atoms with van der Waals surface area (Å²) in [5.74, 6) is -0.333. The molecule has 5 nitrogen and oxygen atoms in total. The van der Waals surface area contributed by atoms with E-state index in [-0.39, 0.29) is 30.6 Å². The van der Waals surface area contributed by atoms with Gasteiger partial charge < -0.3 is 5.32 Å². The van der Waals surface area contributed by atoms with E-state index in [4.69, 9.17) is 0 Å². The van der Waals surface area contributed by atoms with Crippen molar-refractivity contribution in [3.8, 4) is 0 Å². The maximum Gasteiger partial charge on any atom is 0.416 e. The van der Waals surface area contributed by atoms with Gasteiger partial charge in [-0.2, -0.15) is 13.2 Å². The number of amides is 1. The van der Waals surface area contributed by atoms with Crippen molar-refractivity contribution in [2.45, 2.75) is 32.5 Å². The van der Waals surface area contributed by atoms with Crippen LogP contribution in [0.5, 0.6) is 0 Å². The molecule has 0 fully saturated rings. The number of hydrogen-bond donors (Lipinski definition) is 1.